The van der Waals surface area contributed by atoms with Gasteiger partial charge in [0.2, 0.25) is 0 Å². The lowest BCUT2D eigenvalue weighted by Crippen LogP contribution is -2.26. The van der Waals surface area contributed by atoms with Crippen LogP contribution >= 0.6 is 0 Å². The van der Waals surface area contributed by atoms with E-state index in [1.165, 1.54) is 5.56 Å². The topological polar surface area (TPSA) is 58.6 Å². The maximum absolute atomic E-state index is 11.0. The monoisotopic (exact) mass is 263 g/mol. The molecule has 19 heavy (non-hydrogen) atoms. The van der Waals surface area contributed by atoms with Crippen molar-refractivity contribution in [3.63, 3.8) is 0 Å². The van der Waals surface area contributed by atoms with Crippen LogP contribution in [-0.2, 0) is 11.2 Å². The molecule has 2 rings (SSSR count). The fraction of sp³-hybridized carbons (Fsp3) is 0.533. The molecule has 0 aromatic heterocycles. The van der Waals surface area contributed by atoms with Gasteiger partial charge in [-0.15, -0.1) is 0 Å². The van der Waals surface area contributed by atoms with Crippen molar-refractivity contribution in [2.24, 2.45) is 5.41 Å². The van der Waals surface area contributed by atoms with Crippen molar-refractivity contribution in [1.29, 1.82) is 0 Å². The fourth-order valence-corrected chi connectivity index (χ4v) is 2.10. The minimum atomic E-state index is -0.756. The first-order chi connectivity index (χ1) is 8.99. The van der Waals surface area contributed by atoms with E-state index in [-0.39, 0.29) is 0 Å². The molecule has 0 fully saturated rings. The molecule has 0 amide bonds. The number of hydrogen-bond donors (Lipinski definition) is 2. The number of hydrogen-bond acceptors (Lipinski definition) is 3. The van der Waals surface area contributed by atoms with Gasteiger partial charge in [-0.2, -0.15) is 0 Å². The van der Waals surface area contributed by atoms with Gasteiger partial charge in [0.25, 0.3) is 0 Å². The van der Waals surface area contributed by atoms with Crippen LogP contribution in [0.15, 0.2) is 18.2 Å². The maximum Gasteiger partial charge on any atom is 0.309 e. The second-order valence-corrected chi connectivity index (χ2v) is 5.64. The minimum absolute atomic E-state index is 0.593. The standard InChI is InChI=1S/C15H21NO3/c1-15(2,14(17)18)7-8-16-12-5-6-13-11(10-12)4-3-9-19-13/h5-6,10,16H,3-4,7-9H2,1-2H3,(H,17,18). The summed E-state index contributed by atoms with van der Waals surface area (Å²) in [5.74, 6) is 0.218. The molecule has 4 heteroatoms. The van der Waals surface area contributed by atoms with Crippen molar-refractivity contribution in [2.75, 3.05) is 18.5 Å². The highest BCUT2D eigenvalue weighted by atomic mass is 16.5. The Labute approximate surface area is 113 Å². The Balaban J connectivity index is 1.92. The Morgan fingerprint density at radius 1 is 1.47 bits per heavy atom. The number of carbonyl (C=O) groups is 1. The second-order valence-electron chi connectivity index (χ2n) is 5.64. The van der Waals surface area contributed by atoms with Crippen molar-refractivity contribution in [3.05, 3.63) is 23.8 Å². The van der Waals surface area contributed by atoms with Crippen molar-refractivity contribution >= 4 is 11.7 Å². The van der Waals surface area contributed by atoms with Gasteiger partial charge in [0, 0.05) is 12.2 Å². The lowest BCUT2D eigenvalue weighted by atomic mass is 9.89. The molecule has 0 atom stereocenters. The molecule has 0 bridgehead atoms. The number of carboxylic acids is 1. The molecule has 1 aliphatic heterocycles. The fourth-order valence-electron chi connectivity index (χ4n) is 2.10. The van der Waals surface area contributed by atoms with Gasteiger partial charge in [-0.3, -0.25) is 4.79 Å². The molecule has 2 N–H and O–H groups in total. The lowest BCUT2D eigenvalue weighted by Gasteiger charge is -2.21. The molecule has 0 radical (unpaired) electrons. The smallest absolute Gasteiger partial charge is 0.309 e. The van der Waals surface area contributed by atoms with Crippen LogP contribution in [0.25, 0.3) is 0 Å². The molecular weight excluding hydrogens is 242 g/mol. The van der Waals surface area contributed by atoms with Gasteiger partial charge >= 0.3 is 5.97 Å². The molecule has 0 saturated carbocycles. The molecule has 0 saturated heterocycles. The number of benzene rings is 1. The molecule has 1 aromatic carbocycles. The maximum atomic E-state index is 11.0. The average molecular weight is 263 g/mol. The zero-order valence-corrected chi connectivity index (χ0v) is 11.5. The molecular formula is C15H21NO3. The summed E-state index contributed by atoms with van der Waals surface area (Å²) < 4.78 is 5.56. The number of ether oxygens (including phenoxy) is 1. The SMILES string of the molecule is CC(C)(CCNc1ccc2c(c1)CCCO2)C(=O)O. The normalized spacial score (nSPS) is 14.4. The predicted molar refractivity (Wildman–Crippen MR) is 74.8 cm³/mol. The second kappa shape index (κ2) is 5.51. The average Bonchev–Trinajstić information content (AvgIpc) is 2.38. The Hall–Kier alpha value is -1.71. The van der Waals surface area contributed by atoms with Crippen LogP contribution in [-0.4, -0.2) is 24.2 Å². The summed E-state index contributed by atoms with van der Waals surface area (Å²) >= 11 is 0. The molecule has 104 valence electrons. The van der Waals surface area contributed by atoms with Crippen LogP contribution in [0.4, 0.5) is 5.69 Å². The van der Waals surface area contributed by atoms with E-state index < -0.39 is 11.4 Å². The van der Waals surface area contributed by atoms with Gasteiger partial charge in [0.1, 0.15) is 5.75 Å². The predicted octanol–water partition coefficient (Wildman–Crippen LogP) is 2.92. The van der Waals surface area contributed by atoms with Gasteiger partial charge in [0.15, 0.2) is 0 Å². The van der Waals surface area contributed by atoms with Gasteiger partial charge < -0.3 is 15.2 Å². The Morgan fingerprint density at radius 3 is 3.00 bits per heavy atom. The van der Waals surface area contributed by atoms with Gasteiger partial charge in [0.05, 0.1) is 12.0 Å². The summed E-state index contributed by atoms with van der Waals surface area (Å²) in [7, 11) is 0. The number of fused-ring (bicyclic) bond motifs is 1. The first kappa shape index (κ1) is 13.7. The van der Waals surface area contributed by atoms with Crippen LogP contribution in [0.1, 0.15) is 32.3 Å². The first-order valence-electron chi connectivity index (χ1n) is 6.72. The number of aliphatic carboxylic acids is 1. The third kappa shape index (κ3) is 3.40. The van der Waals surface area contributed by atoms with Crippen molar-refractivity contribution in [1.82, 2.24) is 0 Å². The number of rotatable bonds is 5. The third-order valence-corrected chi connectivity index (χ3v) is 3.57. The summed E-state index contributed by atoms with van der Waals surface area (Å²) in [6.07, 6.45) is 2.70. The van der Waals surface area contributed by atoms with E-state index in [1.807, 2.05) is 12.1 Å². The van der Waals surface area contributed by atoms with Crippen LogP contribution in [0.5, 0.6) is 5.75 Å². The molecule has 1 aliphatic rings. The van der Waals surface area contributed by atoms with Crippen molar-refractivity contribution < 1.29 is 14.6 Å². The van der Waals surface area contributed by atoms with Crippen LogP contribution in [0.2, 0.25) is 0 Å². The highest BCUT2D eigenvalue weighted by molar-refractivity contribution is 5.73. The summed E-state index contributed by atoms with van der Waals surface area (Å²) in [5, 5.41) is 12.3. The number of carboxylic acid groups (broad SMARTS) is 1. The van der Waals surface area contributed by atoms with Crippen LogP contribution < -0.4 is 10.1 Å². The van der Waals surface area contributed by atoms with Gasteiger partial charge in [-0.05, 0) is 56.9 Å². The largest absolute Gasteiger partial charge is 0.493 e. The van der Waals surface area contributed by atoms with Crippen LogP contribution in [0, 0.1) is 5.41 Å². The van der Waals surface area contributed by atoms with E-state index in [9.17, 15) is 4.79 Å². The van der Waals surface area contributed by atoms with Crippen LogP contribution in [0.3, 0.4) is 0 Å². The van der Waals surface area contributed by atoms with E-state index in [4.69, 9.17) is 9.84 Å². The highest BCUT2D eigenvalue weighted by Crippen LogP contribution is 2.28. The Morgan fingerprint density at radius 2 is 2.26 bits per heavy atom. The molecule has 0 unspecified atom stereocenters. The quantitative estimate of drug-likeness (QED) is 0.857. The summed E-state index contributed by atoms with van der Waals surface area (Å²) in [5.41, 5.74) is 1.57. The van der Waals surface area contributed by atoms with E-state index >= 15 is 0 Å². The van der Waals surface area contributed by atoms with E-state index in [0.717, 1.165) is 30.9 Å². The molecule has 1 aromatic rings. The van der Waals surface area contributed by atoms with E-state index in [0.29, 0.717) is 13.0 Å². The third-order valence-electron chi connectivity index (χ3n) is 3.57. The lowest BCUT2D eigenvalue weighted by molar-refractivity contribution is -0.147. The van der Waals surface area contributed by atoms with Crippen molar-refractivity contribution in [3.8, 4) is 5.75 Å². The molecule has 0 aliphatic carbocycles. The summed E-state index contributed by atoms with van der Waals surface area (Å²) in [6, 6.07) is 6.07. The minimum Gasteiger partial charge on any atom is -0.493 e. The Kier molecular flexibility index (Phi) is 3.98. The summed E-state index contributed by atoms with van der Waals surface area (Å²) in [6.45, 7) is 4.95. The highest BCUT2D eigenvalue weighted by Gasteiger charge is 2.26. The van der Waals surface area contributed by atoms with Gasteiger partial charge in [-0.25, -0.2) is 0 Å². The number of nitrogens with one attached hydrogen (secondary N) is 1. The summed E-state index contributed by atoms with van der Waals surface area (Å²) in [4.78, 5) is 11.0. The molecule has 0 spiro atoms. The molecule has 4 nitrogen and oxygen atoms in total. The molecule has 1 heterocycles. The van der Waals surface area contributed by atoms with Gasteiger partial charge in [-0.1, -0.05) is 0 Å². The van der Waals surface area contributed by atoms with E-state index in [2.05, 4.69) is 11.4 Å². The zero-order valence-electron chi connectivity index (χ0n) is 11.5. The van der Waals surface area contributed by atoms with E-state index in [1.54, 1.807) is 13.8 Å². The number of aryl methyl sites for hydroxylation is 1. The zero-order chi connectivity index (χ0) is 13.9. The van der Waals surface area contributed by atoms with Crippen molar-refractivity contribution in [2.45, 2.75) is 33.1 Å². The number of anilines is 1. The first-order valence-corrected chi connectivity index (χ1v) is 6.72. The Bertz CT molecular complexity index is 468.